The van der Waals surface area contributed by atoms with Crippen molar-refractivity contribution in [3.8, 4) is 0 Å². The maximum Gasteiger partial charge on any atom is 0.151 e. The molecule has 94 valence electrons. The lowest BCUT2D eigenvalue weighted by Gasteiger charge is -2.11. The molecule has 0 radical (unpaired) electrons. The van der Waals surface area contributed by atoms with E-state index >= 15 is 0 Å². The molecule has 0 saturated carbocycles. The van der Waals surface area contributed by atoms with Crippen LogP contribution in [0.5, 0.6) is 0 Å². The number of nitrogen functional groups attached to an aromatic ring is 1. The number of nitrogens with two attached hydrogens (primary N) is 1. The molecule has 0 spiro atoms. The van der Waals surface area contributed by atoms with Gasteiger partial charge in [0.25, 0.3) is 0 Å². The van der Waals surface area contributed by atoms with Gasteiger partial charge in [-0.15, -0.1) is 0 Å². The fraction of sp³-hybridized carbons (Fsp3) is 0.0769. The second kappa shape index (κ2) is 4.82. The molecule has 0 fully saturated rings. The molecule has 0 heterocycles. The number of rotatable bonds is 2. The van der Waals surface area contributed by atoms with Crippen molar-refractivity contribution in [2.45, 2.75) is 6.92 Å². The summed E-state index contributed by atoms with van der Waals surface area (Å²) in [4.78, 5) is 0. The number of benzene rings is 2. The number of hydrogen-bond acceptors (Lipinski definition) is 2. The molecule has 0 aromatic heterocycles. The van der Waals surface area contributed by atoms with Crippen LogP contribution in [-0.4, -0.2) is 0 Å². The van der Waals surface area contributed by atoms with E-state index in [-0.39, 0.29) is 11.4 Å². The Balaban J connectivity index is 2.36. The van der Waals surface area contributed by atoms with Gasteiger partial charge in [-0.25, -0.2) is 8.78 Å². The lowest BCUT2D eigenvalue weighted by atomic mass is 10.2. The zero-order valence-corrected chi connectivity index (χ0v) is 10.4. The summed E-state index contributed by atoms with van der Waals surface area (Å²) in [5.74, 6) is -1.49. The molecule has 0 aliphatic heterocycles. The molecule has 3 N–H and O–H groups in total. The minimum atomic E-state index is -0.796. The van der Waals surface area contributed by atoms with Crippen LogP contribution in [0, 0.1) is 18.6 Å². The fourth-order valence-corrected chi connectivity index (χ4v) is 1.69. The highest BCUT2D eigenvalue weighted by molar-refractivity contribution is 6.31. The van der Waals surface area contributed by atoms with Crippen LogP contribution in [0.3, 0.4) is 0 Å². The Morgan fingerprint density at radius 3 is 2.56 bits per heavy atom. The van der Waals surface area contributed by atoms with Crippen molar-refractivity contribution in [3.63, 3.8) is 0 Å². The Hall–Kier alpha value is -1.81. The number of nitrogens with one attached hydrogen (secondary N) is 1. The molecular weight excluding hydrogens is 258 g/mol. The van der Waals surface area contributed by atoms with Gasteiger partial charge in [-0.1, -0.05) is 17.7 Å². The Labute approximate surface area is 108 Å². The SMILES string of the molecule is Cc1ccc(Nc2cc(F)cc(F)c2N)cc1Cl. The van der Waals surface area contributed by atoms with E-state index in [2.05, 4.69) is 5.32 Å². The largest absolute Gasteiger partial charge is 0.395 e. The summed E-state index contributed by atoms with van der Waals surface area (Å²) in [6, 6.07) is 7.09. The third-order valence-electron chi connectivity index (χ3n) is 2.55. The summed E-state index contributed by atoms with van der Waals surface area (Å²) in [6.45, 7) is 1.86. The van der Waals surface area contributed by atoms with Gasteiger partial charge in [0.05, 0.1) is 11.4 Å². The zero-order chi connectivity index (χ0) is 13.3. The monoisotopic (exact) mass is 268 g/mol. The first-order valence-corrected chi connectivity index (χ1v) is 5.63. The smallest absolute Gasteiger partial charge is 0.151 e. The molecular formula is C13H11ClF2N2. The quantitative estimate of drug-likeness (QED) is 0.799. The first kappa shape index (κ1) is 12.6. The molecule has 2 aromatic rings. The molecule has 2 aromatic carbocycles. The molecule has 2 nitrogen and oxygen atoms in total. The first-order valence-electron chi connectivity index (χ1n) is 5.25. The molecule has 5 heteroatoms. The number of hydrogen-bond donors (Lipinski definition) is 2. The Kier molecular flexibility index (Phi) is 3.39. The van der Waals surface area contributed by atoms with E-state index in [9.17, 15) is 8.78 Å². The predicted molar refractivity (Wildman–Crippen MR) is 70.2 cm³/mol. The van der Waals surface area contributed by atoms with E-state index in [0.29, 0.717) is 10.7 Å². The normalized spacial score (nSPS) is 10.4. The standard InChI is InChI=1S/C13H11ClF2N2/c1-7-2-3-9(6-10(7)14)18-12-5-8(15)4-11(16)13(12)17/h2-6,18H,17H2,1H3. The first-order chi connectivity index (χ1) is 8.47. The molecule has 0 unspecified atom stereocenters. The summed E-state index contributed by atoms with van der Waals surface area (Å²) in [5.41, 5.74) is 7.10. The van der Waals surface area contributed by atoms with E-state index in [0.717, 1.165) is 17.7 Å². The highest BCUT2D eigenvalue weighted by Crippen LogP contribution is 2.28. The van der Waals surface area contributed by atoms with Crippen LogP contribution in [0.25, 0.3) is 0 Å². The molecule has 2 rings (SSSR count). The van der Waals surface area contributed by atoms with Gasteiger partial charge in [0.1, 0.15) is 5.82 Å². The average molecular weight is 269 g/mol. The second-order valence-electron chi connectivity index (χ2n) is 3.94. The van der Waals surface area contributed by atoms with Gasteiger partial charge < -0.3 is 11.1 Å². The van der Waals surface area contributed by atoms with Crippen LogP contribution in [-0.2, 0) is 0 Å². The predicted octanol–water partition coefficient (Wildman–Crippen LogP) is 4.25. The Morgan fingerprint density at radius 2 is 1.89 bits per heavy atom. The van der Waals surface area contributed by atoms with Crippen LogP contribution >= 0.6 is 11.6 Å². The third kappa shape index (κ3) is 2.54. The van der Waals surface area contributed by atoms with Crippen LogP contribution in [0.15, 0.2) is 30.3 Å². The van der Waals surface area contributed by atoms with Gasteiger partial charge in [0.2, 0.25) is 0 Å². The average Bonchev–Trinajstić information content (AvgIpc) is 2.30. The van der Waals surface area contributed by atoms with E-state index < -0.39 is 11.6 Å². The molecule has 0 aliphatic rings. The maximum absolute atomic E-state index is 13.3. The molecule has 18 heavy (non-hydrogen) atoms. The van der Waals surface area contributed by atoms with Crippen molar-refractivity contribution in [2.24, 2.45) is 0 Å². The summed E-state index contributed by atoms with van der Waals surface area (Å²) >= 11 is 5.96. The van der Waals surface area contributed by atoms with Crippen molar-refractivity contribution in [3.05, 3.63) is 52.6 Å². The topological polar surface area (TPSA) is 38.0 Å². The summed E-state index contributed by atoms with van der Waals surface area (Å²) in [6.07, 6.45) is 0. The minimum absolute atomic E-state index is 0.131. The Morgan fingerprint density at radius 1 is 1.17 bits per heavy atom. The number of aryl methyl sites for hydroxylation is 1. The van der Waals surface area contributed by atoms with E-state index in [1.165, 1.54) is 0 Å². The summed E-state index contributed by atoms with van der Waals surface area (Å²) < 4.78 is 26.3. The molecule has 0 bridgehead atoms. The van der Waals surface area contributed by atoms with Crippen molar-refractivity contribution >= 4 is 28.7 Å². The van der Waals surface area contributed by atoms with Gasteiger partial charge >= 0.3 is 0 Å². The van der Waals surface area contributed by atoms with Gasteiger partial charge in [0, 0.05) is 16.8 Å². The summed E-state index contributed by atoms with van der Waals surface area (Å²) in [7, 11) is 0. The van der Waals surface area contributed by atoms with Crippen LogP contribution < -0.4 is 11.1 Å². The van der Waals surface area contributed by atoms with Crippen LogP contribution in [0.4, 0.5) is 25.8 Å². The maximum atomic E-state index is 13.3. The van der Waals surface area contributed by atoms with Crippen molar-refractivity contribution < 1.29 is 8.78 Å². The minimum Gasteiger partial charge on any atom is -0.395 e. The third-order valence-corrected chi connectivity index (χ3v) is 2.95. The van der Waals surface area contributed by atoms with Crippen molar-refractivity contribution in [2.75, 3.05) is 11.1 Å². The fourth-order valence-electron chi connectivity index (χ4n) is 1.51. The molecule has 0 aliphatic carbocycles. The van der Waals surface area contributed by atoms with Crippen LogP contribution in [0.1, 0.15) is 5.56 Å². The van der Waals surface area contributed by atoms with Gasteiger partial charge in [-0.2, -0.15) is 0 Å². The van der Waals surface area contributed by atoms with Crippen molar-refractivity contribution in [1.82, 2.24) is 0 Å². The van der Waals surface area contributed by atoms with Gasteiger partial charge in [-0.3, -0.25) is 0 Å². The lowest BCUT2D eigenvalue weighted by Crippen LogP contribution is -2.00. The van der Waals surface area contributed by atoms with Crippen molar-refractivity contribution in [1.29, 1.82) is 0 Å². The Bertz CT molecular complexity index is 600. The van der Waals surface area contributed by atoms with Crippen LogP contribution in [0.2, 0.25) is 5.02 Å². The lowest BCUT2D eigenvalue weighted by molar-refractivity contribution is 0.587. The molecule has 0 atom stereocenters. The molecule has 0 amide bonds. The van der Waals surface area contributed by atoms with Gasteiger partial charge in [0.15, 0.2) is 5.82 Å². The number of anilines is 3. The zero-order valence-electron chi connectivity index (χ0n) is 9.60. The van der Waals surface area contributed by atoms with Gasteiger partial charge in [-0.05, 0) is 30.7 Å². The van der Waals surface area contributed by atoms with E-state index in [1.54, 1.807) is 18.2 Å². The highest BCUT2D eigenvalue weighted by Gasteiger charge is 2.08. The van der Waals surface area contributed by atoms with E-state index in [4.69, 9.17) is 17.3 Å². The highest BCUT2D eigenvalue weighted by atomic mass is 35.5. The summed E-state index contributed by atoms with van der Waals surface area (Å²) in [5, 5.41) is 3.40. The van der Waals surface area contributed by atoms with E-state index in [1.807, 2.05) is 6.92 Å². The molecule has 0 saturated heterocycles. The number of halogens is 3. The second-order valence-corrected chi connectivity index (χ2v) is 4.35.